The molecule has 0 radical (unpaired) electrons. The van der Waals surface area contributed by atoms with Gasteiger partial charge in [-0.15, -0.1) is 0 Å². The number of imidazole rings is 1. The Morgan fingerprint density at radius 2 is 2.24 bits per heavy atom. The summed E-state index contributed by atoms with van der Waals surface area (Å²) in [6.07, 6.45) is 2.36. The zero-order chi connectivity index (χ0) is 11.7. The monoisotopic (exact) mass is 230 g/mol. The molecule has 0 unspecified atom stereocenters. The minimum absolute atomic E-state index is 0.0593. The first-order valence-electron chi connectivity index (χ1n) is 5.79. The third-order valence-corrected chi connectivity index (χ3v) is 2.78. The first-order chi connectivity index (χ1) is 8.31. The van der Waals surface area contributed by atoms with E-state index in [9.17, 15) is 4.79 Å². The van der Waals surface area contributed by atoms with Crippen LogP contribution in [0.15, 0.2) is 24.3 Å². The van der Waals surface area contributed by atoms with Crippen molar-refractivity contribution in [2.45, 2.75) is 18.9 Å². The zero-order valence-corrected chi connectivity index (χ0v) is 9.36. The van der Waals surface area contributed by atoms with Crippen LogP contribution < -0.4 is 10.6 Å². The zero-order valence-electron chi connectivity index (χ0n) is 9.36. The molecule has 1 aromatic carbocycles. The van der Waals surface area contributed by atoms with Crippen molar-refractivity contribution in [1.29, 1.82) is 0 Å². The third-order valence-electron chi connectivity index (χ3n) is 2.78. The van der Waals surface area contributed by atoms with E-state index in [0.717, 1.165) is 11.0 Å². The molecule has 1 aliphatic rings. The van der Waals surface area contributed by atoms with Crippen LogP contribution in [0.2, 0.25) is 0 Å². The van der Waals surface area contributed by atoms with Crippen molar-refractivity contribution in [2.75, 3.05) is 11.9 Å². The molecule has 1 fully saturated rings. The molecule has 1 amide bonds. The standard InChI is InChI=1S/C12H14N4O/c17-11(7-13-8-5-6-8)16-12-14-9-3-1-2-4-10(9)15-12/h1-4,8,13H,5-7H2,(H2,14,15,16,17). The van der Waals surface area contributed by atoms with Gasteiger partial charge in [0, 0.05) is 6.04 Å². The van der Waals surface area contributed by atoms with Gasteiger partial charge in [0.1, 0.15) is 0 Å². The number of nitrogens with one attached hydrogen (secondary N) is 3. The van der Waals surface area contributed by atoms with Crippen LogP contribution in [0, 0.1) is 0 Å². The molecule has 0 bridgehead atoms. The first kappa shape index (κ1) is 10.3. The fourth-order valence-corrected chi connectivity index (χ4v) is 1.71. The molecule has 88 valence electrons. The van der Waals surface area contributed by atoms with Crippen LogP contribution in [0.3, 0.4) is 0 Å². The summed E-state index contributed by atoms with van der Waals surface area (Å²) in [6, 6.07) is 8.23. The van der Waals surface area contributed by atoms with E-state index in [1.165, 1.54) is 12.8 Å². The molecule has 17 heavy (non-hydrogen) atoms. The number of nitrogens with zero attached hydrogens (tertiary/aromatic N) is 1. The average molecular weight is 230 g/mol. The molecule has 0 spiro atoms. The molecule has 3 N–H and O–H groups in total. The van der Waals surface area contributed by atoms with Crippen LogP contribution in [0.1, 0.15) is 12.8 Å². The van der Waals surface area contributed by atoms with Crippen LogP contribution in [0.5, 0.6) is 0 Å². The maximum atomic E-state index is 11.6. The Balaban J connectivity index is 1.64. The summed E-state index contributed by atoms with van der Waals surface area (Å²) in [4.78, 5) is 18.9. The van der Waals surface area contributed by atoms with E-state index in [2.05, 4.69) is 20.6 Å². The van der Waals surface area contributed by atoms with Gasteiger partial charge in [-0.25, -0.2) is 4.98 Å². The molecule has 1 saturated carbocycles. The van der Waals surface area contributed by atoms with Crippen LogP contribution >= 0.6 is 0 Å². The van der Waals surface area contributed by atoms with E-state index in [0.29, 0.717) is 18.5 Å². The molecule has 1 heterocycles. The van der Waals surface area contributed by atoms with Crippen molar-refractivity contribution in [3.8, 4) is 0 Å². The number of anilines is 1. The molecule has 0 saturated heterocycles. The number of carbonyl (C=O) groups is 1. The number of aromatic nitrogens is 2. The molecule has 1 aromatic heterocycles. The summed E-state index contributed by atoms with van der Waals surface area (Å²) >= 11 is 0. The molecule has 5 heteroatoms. The van der Waals surface area contributed by atoms with E-state index >= 15 is 0 Å². The number of para-hydroxylation sites is 2. The number of carbonyl (C=O) groups excluding carboxylic acids is 1. The van der Waals surface area contributed by atoms with Crippen molar-refractivity contribution >= 4 is 22.9 Å². The van der Waals surface area contributed by atoms with Gasteiger partial charge in [0.25, 0.3) is 0 Å². The van der Waals surface area contributed by atoms with Gasteiger partial charge in [-0.2, -0.15) is 0 Å². The lowest BCUT2D eigenvalue weighted by molar-refractivity contribution is -0.115. The van der Waals surface area contributed by atoms with Gasteiger partial charge in [-0.05, 0) is 25.0 Å². The third kappa shape index (κ3) is 2.45. The minimum atomic E-state index is -0.0593. The second-order valence-electron chi connectivity index (χ2n) is 4.31. The average Bonchev–Trinajstić information content (AvgIpc) is 3.06. The second kappa shape index (κ2) is 4.18. The largest absolute Gasteiger partial charge is 0.324 e. The molecule has 0 atom stereocenters. The summed E-state index contributed by atoms with van der Waals surface area (Å²) in [7, 11) is 0. The van der Waals surface area contributed by atoms with Gasteiger partial charge in [0.05, 0.1) is 17.6 Å². The fraction of sp³-hybridized carbons (Fsp3) is 0.333. The SMILES string of the molecule is O=C(CNC1CC1)Nc1nc2ccccc2[nH]1. The highest BCUT2D eigenvalue weighted by Gasteiger charge is 2.21. The number of amides is 1. The van der Waals surface area contributed by atoms with Crippen molar-refractivity contribution in [3.05, 3.63) is 24.3 Å². The number of hydrogen-bond acceptors (Lipinski definition) is 3. The van der Waals surface area contributed by atoms with Crippen molar-refractivity contribution in [3.63, 3.8) is 0 Å². The number of H-pyrrole nitrogens is 1. The van der Waals surface area contributed by atoms with E-state index < -0.39 is 0 Å². The normalized spacial score (nSPS) is 15.1. The Kier molecular flexibility index (Phi) is 2.53. The lowest BCUT2D eigenvalue weighted by Crippen LogP contribution is -2.29. The van der Waals surface area contributed by atoms with Crippen LogP contribution in [0.25, 0.3) is 11.0 Å². The van der Waals surface area contributed by atoms with Crippen molar-refractivity contribution in [1.82, 2.24) is 15.3 Å². The summed E-state index contributed by atoms with van der Waals surface area (Å²) in [5, 5.41) is 5.90. The van der Waals surface area contributed by atoms with E-state index in [-0.39, 0.29) is 5.91 Å². The molecular weight excluding hydrogens is 216 g/mol. The van der Waals surface area contributed by atoms with Gasteiger partial charge in [0.2, 0.25) is 11.9 Å². The first-order valence-corrected chi connectivity index (χ1v) is 5.79. The lowest BCUT2D eigenvalue weighted by Gasteiger charge is -2.02. The number of hydrogen-bond donors (Lipinski definition) is 3. The molecule has 2 aromatic rings. The minimum Gasteiger partial charge on any atom is -0.324 e. The second-order valence-corrected chi connectivity index (χ2v) is 4.31. The van der Waals surface area contributed by atoms with Gasteiger partial charge in [-0.3, -0.25) is 10.1 Å². The van der Waals surface area contributed by atoms with Crippen LogP contribution in [-0.4, -0.2) is 28.5 Å². The predicted octanol–water partition coefficient (Wildman–Crippen LogP) is 1.25. The number of rotatable bonds is 4. The van der Waals surface area contributed by atoms with Crippen LogP contribution in [0.4, 0.5) is 5.95 Å². The Labute approximate surface area is 98.6 Å². The summed E-state index contributed by atoms with van der Waals surface area (Å²) in [5.41, 5.74) is 1.79. The van der Waals surface area contributed by atoms with Crippen molar-refractivity contribution in [2.24, 2.45) is 0 Å². The molecule has 1 aliphatic carbocycles. The highest BCUT2D eigenvalue weighted by molar-refractivity contribution is 5.92. The van der Waals surface area contributed by atoms with Gasteiger partial charge >= 0.3 is 0 Å². The van der Waals surface area contributed by atoms with Crippen LogP contribution in [-0.2, 0) is 4.79 Å². The maximum absolute atomic E-state index is 11.6. The number of aromatic amines is 1. The molecule has 3 rings (SSSR count). The van der Waals surface area contributed by atoms with Crippen molar-refractivity contribution < 1.29 is 4.79 Å². The quantitative estimate of drug-likeness (QED) is 0.740. The summed E-state index contributed by atoms with van der Waals surface area (Å²) in [6.45, 7) is 0.349. The van der Waals surface area contributed by atoms with E-state index in [1.807, 2.05) is 24.3 Å². The lowest BCUT2D eigenvalue weighted by atomic mass is 10.3. The van der Waals surface area contributed by atoms with Gasteiger partial charge < -0.3 is 10.3 Å². The van der Waals surface area contributed by atoms with Gasteiger partial charge in [-0.1, -0.05) is 12.1 Å². The Hall–Kier alpha value is -1.88. The molecule has 5 nitrogen and oxygen atoms in total. The number of fused-ring (bicyclic) bond motifs is 1. The van der Waals surface area contributed by atoms with Gasteiger partial charge in [0.15, 0.2) is 0 Å². The summed E-state index contributed by atoms with van der Waals surface area (Å²) in [5.74, 6) is 0.449. The Morgan fingerprint density at radius 3 is 3.00 bits per heavy atom. The van der Waals surface area contributed by atoms with E-state index in [4.69, 9.17) is 0 Å². The molecular formula is C12H14N4O. The topological polar surface area (TPSA) is 69.8 Å². The number of benzene rings is 1. The Morgan fingerprint density at radius 1 is 1.41 bits per heavy atom. The van der Waals surface area contributed by atoms with E-state index in [1.54, 1.807) is 0 Å². The smallest absolute Gasteiger partial charge is 0.240 e. The highest BCUT2D eigenvalue weighted by atomic mass is 16.2. The fourth-order valence-electron chi connectivity index (χ4n) is 1.71. The summed E-state index contributed by atoms with van der Waals surface area (Å²) < 4.78 is 0. The molecule has 0 aliphatic heterocycles. The maximum Gasteiger partial charge on any atom is 0.240 e. The Bertz CT molecular complexity index is 511. The predicted molar refractivity (Wildman–Crippen MR) is 65.7 cm³/mol. The highest BCUT2D eigenvalue weighted by Crippen LogP contribution is 2.18.